The number of Topliss-reactive ketones (excluding diaryl/α,β-unsaturated/α-hetero) is 1. The summed E-state index contributed by atoms with van der Waals surface area (Å²) in [5.74, 6) is 0.356. The number of carbonyl (C=O) groups excluding carboxylic acids is 1. The Balaban J connectivity index is 1.48. The van der Waals surface area contributed by atoms with Gasteiger partial charge < -0.3 is 4.90 Å². The van der Waals surface area contributed by atoms with Gasteiger partial charge in [-0.3, -0.25) is 9.52 Å². The van der Waals surface area contributed by atoms with Gasteiger partial charge in [0.05, 0.1) is 11.2 Å². The van der Waals surface area contributed by atoms with Gasteiger partial charge in [-0.15, -0.1) is 0 Å². The zero-order chi connectivity index (χ0) is 19.3. The van der Waals surface area contributed by atoms with E-state index in [9.17, 15) is 13.2 Å². The number of carbonyl (C=O) groups is 1. The van der Waals surface area contributed by atoms with Crippen LogP contribution in [-0.2, 0) is 14.8 Å². The second-order valence-corrected chi connectivity index (χ2v) is 10.8. The number of rotatable bonds is 5. The van der Waals surface area contributed by atoms with Gasteiger partial charge in [0.15, 0.2) is 0 Å². The van der Waals surface area contributed by atoms with Crippen LogP contribution in [0.4, 0.5) is 11.4 Å². The predicted molar refractivity (Wildman–Crippen MR) is 108 cm³/mol. The van der Waals surface area contributed by atoms with Crippen LogP contribution < -0.4 is 9.62 Å². The molecule has 1 aromatic carbocycles. The van der Waals surface area contributed by atoms with Crippen LogP contribution in [0.3, 0.4) is 0 Å². The first kappa shape index (κ1) is 18.8. The number of fused-ring (bicyclic) bond motifs is 2. The molecule has 3 fully saturated rings. The second kappa shape index (κ2) is 6.50. The fraction of sp³-hybridized carbons (Fsp3) is 0.667. The lowest BCUT2D eigenvalue weighted by atomic mass is 9.70. The third kappa shape index (κ3) is 3.16. The van der Waals surface area contributed by atoms with E-state index in [4.69, 9.17) is 0 Å². The van der Waals surface area contributed by atoms with E-state index in [0.29, 0.717) is 24.4 Å². The zero-order valence-corrected chi connectivity index (χ0v) is 17.1. The molecule has 1 saturated heterocycles. The Morgan fingerprint density at radius 3 is 2.33 bits per heavy atom. The van der Waals surface area contributed by atoms with E-state index < -0.39 is 15.4 Å². The summed E-state index contributed by atoms with van der Waals surface area (Å²) in [7, 11) is -3.59. The molecule has 1 heterocycles. The maximum absolute atomic E-state index is 12.9. The average Bonchev–Trinajstić information content (AvgIpc) is 2.96. The average molecular weight is 391 g/mol. The largest absolute Gasteiger partial charge is 0.372 e. The molecule has 5 nitrogen and oxygen atoms in total. The zero-order valence-electron chi connectivity index (χ0n) is 16.3. The summed E-state index contributed by atoms with van der Waals surface area (Å²) >= 11 is 0. The lowest BCUT2D eigenvalue weighted by molar-refractivity contribution is -0.128. The minimum atomic E-state index is -3.59. The number of ketones is 1. The van der Waals surface area contributed by atoms with Crippen LogP contribution >= 0.6 is 0 Å². The molecule has 27 heavy (non-hydrogen) atoms. The van der Waals surface area contributed by atoms with Crippen molar-refractivity contribution >= 4 is 27.2 Å². The van der Waals surface area contributed by atoms with Crippen molar-refractivity contribution in [2.45, 2.75) is 52.4 Å². The molecule has 148 valence electrons. The van der Waals surface area contributed by atoms with Crippen molar-refractivity contribution in [3.63, 3.8) is 0 Å². The Kier molecular flexibility index (Phi) is 4.53. The molecular formula is C21H30N2O3S. The molecule has 0 aromatic heterocycles. The quantitative estimate of drug-likeness (QED) is 0.830. The van der Waals surface area contributed by atoms with Crippen molar-refractivity contribution in [3.8, 4) is 0 Å². The Morgan fingerprint density at radius 2 is 1.78 bits per heavy atom. The third-order valence-electron chi connectivity index (χ3n) is 7.44. The Bertz CT molecular complexity index is 825. The first-order chi connectivity index (χ1) is 12.7. The molecule has 4 rings (SSSR count). The van der Waals surface area contributed by atoms with Gasteiger partial charge in [0.25, 0.3) is 0 Å². The van der Waals surface area contributed by atoms with Crippen molar-refractivity contribution in [1.29, 1.82) is 0 Å². The number of piperidine rings is 1. The number of nitrogens with one attached hydrogen (secondary N) is 1. The van der Waals surface area contributed by atoms with Gasteiger partial charge in [0.1, 0.15) is 5.78 Å². The SMILES string of the molecule is CC1(C)[C@H]2CC[C@]1(CS(=O)(=O)Nc1ccc(N3CCCCC3)cc1)C(=O)C2. The molecule has 2 aliphatic carbocycles. The predicted octanol–water partition coefficient (Wildman–Crippen LogP) is 3.81. The summed E-state index contributed by atoms with van der Waals surface area (Å²) in [6, 6.07) is 7.63. The minimum absolute atomic E-state index is 0.101. The Morgan fingerprint density at radius 1 is 1.11 bits per heavy atom. The van der Waals surface area contributed by atoms with Gasteiger partial charge in [-0.1, -0.05) is 13.8 Å². The first-order valence-electron chi connectivity index (χ1n) is 10.1. The number of sulfonamides is 1. The molecule has 1 N–H and O–H groups in total. The number of hydrogen-bond donors (Lipinski definition) is 1. The fourth-order valence-electron chi connectivity index (χ4n) is 5.54. The van der Waals surface area contributed by atoms with E-state index >= 15 is 0 Å². The minimum Gasteiger partial charge on any atom is -0.372 e. The molecule has 6 heteroatoms. The topological polar surface area (TPSA) is 66.5 Å². The number of anilines is 2. The van der Waals surface area contributed by atoms with Crippen molar-refractivity contribution in [2.75, 3.05) is 28.5 Å². The van der Waals surface area contributed by atoms with Crippen molar-refractivity contribution in [1.82, 2.24) is 0 Å². The fourth-order valence-corrected chi connectivity index (χ4v) is 7.43. The molecule has 2 atom stereocenters. The highest BCUT2D eigenvalue weighted by atomic mass is 32.2. The number of nitrogens with zero attached hydrogens (tertiary/aromatic N) is 1. The smallest absolute Gasteiger partial charge is 0.233 e. The molecule has 0 spiro atoms. The monoisotopic (exact) mass is 390 g/mol. The van der Waals surface area contributed by atoms with E-state index in [2.05, 4.69) is 23.5 Å². The molecule has 3 aliphatic rings. The summed E-state index contributed by atoms with van der Waals surface area (Å²) in [6.07, 6.45) is 5.89. The van der Waals surface area contributed by atoms with Gasteiger partial charge in [0.2, 0.25) is 10.0 Å². The van der Waals surface area contributed by atoms with Crippen molar-refractivity contribution < 1.29 is 13.2 Å². The highest BCUT2D eigenvalue weighted by molar-refractivity contribution is 7.92. The van der Waals surface area contributed by atoms with Crippen molar-refractivity contribution in [3.05, 3.63) is 24.3 Å². The maximum Gasteiger partial charge on any atom is 0.233 e. The van der Waals surface area contributed by atoms with Crippen LogP contribution in [0, 0.1) is 16.7 Å². The van der Waals surface area contributed by atoms with Gasteiger partial charge in [0, 0.05) is 30.9 Å². The lowest BCUT2D eigenvalue weighted by Crippen LogP contribution is -2.43. The Labute approximate surface area is 162 Å². The van der Waals surface area contributed by atoms with E-state index in [1.807, 2.05) is 24.3 Å². The number of benzene rings is 1. The molecule has 0 amide bonds. The molecule has 1 aliphatic heterocycles. The van der Waals surface area contributed by atoms with Crippen LogP contribution in [0.2, 0.25) is 0 Å². The summed E-state index contributed by atoms with van der Waals surface area (Å²) in [5.41, 5.74) is 0.751. The van der Waals surface area contributed by atoms with Crippen LogP contribution in [-0.4, -0.2) is 33.0 Å². The summed E-state index contributed by atoms with van der Waals surface area (Å²) < 4.78 is 28.5. The number of hydrogen-bond acceptors (Lipinski definition) is 4. The standard InChI is InChI=1S/C21H30N2O3S/c1-20(2)16-10-11-21(20,19(24)14-16)15-27(25,26)22-17-6-8-18(9-7-17)23-12-4-3-5-13-23/h6-9,16,22H,3-5,10-15H2,1-2H3/t16-,21-/m0/s1. The molecule has 1 aromatic rings. The molecule has 2 bridgehead atoms. The first-order valence-corrected chi connectivity index (χ1v) is 11.8. The van der Waals surface area contributed by atoms with E-state index in [1.54, 1.807) is 0 Å². The molecule has 0 unspecified atom stereocenters. The molecular weight excluding hydrogens is 360 g/mol. The van der Waals surface area contributed by atoms with Crippen LogP contribution in [0.15, 0.2) is 24.3 Å². The van der Waals surface area contributed by atoms with Gasteiger partial charge in [-0.05, 0) is 67.7 Å². The maximum atomic E-state index is 12.9. The van der Waals surface area contributed by atoms with Crippen LogP contribution in [0.25, 0.3) is 0 Å². The summed E-state index contributed by atoms with van der Waals surface area (Å²) in [4.78, 5) is 15.0. The van der Waals surface area contributed by atoms with Crippen LogP contribution in [0.1, 0.15) is 52.4 Å². The molecule has 2 saturated carbocycles. The van der Waals surface area contributed by atoms with Gasteiger partial charge >= 0.3 is 0 Å². The summed E-state index contributed by atoms with van der Waals surface area (Å²) in [5, 5.41) is 0. The highest BCUT2D eigenvalue weighted by Crippen LogP contribution is 2.64. The third-order valence-corrected chi connectivity index (χ3v) is 8.86. The van der Waals surface area contributed by atoms with E-state index in [-0.39, 0.29) is 17.0 Å². The van der Waals surface area contributed by atoms with Crippen LogP contribution in [0.5, 0.6) is 0 Å². The van der Waals surface area contributed by atoms with E-state index in [0.717, 1.165) is 25.2 Å². The second-order valence-electron chi connectivity index (χ2n) is 9.12. The lowest BCUT2D eigenvalue weighted by Gasteiger charge is -2.36. The molecule has 0 radical (unpaired) electrons. The van der Waals surface area contributed by atoms with E-state index in [1.165, 1.54) is 19.3 Å². The Hall–Kier alpha value is -1.56. The summed E-state index contributed by atoms with van der Waals surface area (Å²) in [6.45, 7) is 6.26. The van der Waals surface area contributed by atoms with Gasteiger partial charge in [-0.2, -0.15) is 0 Å². The van der Waals surface area contributed by atoms with Crippen molar-refractivity contribution in [2.24, 2.45) is 16.7 Å². The van der Waals surface area contributed by atoms with Gasteiger partial charge in [-0.25, -0.2) is 8.42 Å². The normalized spacial score (nSPS) is 29.9. The highest BCUT2D eigenvalue weighted by Gasteiger charge is 2.65.